The lowest BCUT2D eigenvalue weighted by molar-refractivity contribution is 0.738. The summed E-state index contributed by atoms with van der Waals surface area (Å²) >= 11 is 0. The number of aromatic amines is 1. The zero-order chi connectivity index (χ0) is 12.5. The van der Waals surface area contributed by atoms with Gasteiger partial charge in [0.15, 0.2) is 5.65 Å². The number of aryl methyl sites for hydroxylation is 1. The molecule has 0 aromatic carbocycles. The van der Waals surface area contributed by atoms with Gasteiger partial charge in [-0.05, 0) is 6.92 Å². The minimum atomic E-state index is 0.678. The number of nitrogens with one attached hydrogen (secondary N) is 2. The van der Waals surface area contributed by atoms with Crippen LogP contribution in [0.3, 0.4) is 0 Å². The molecule has 92 valence electrons. The van der Waals surface area contributed by atoms with Gasteiger partial charge in [0, 0.05) is 24.8 Å². The van der Waals surface area contributed by atoms with Crippen molar-refractivity contribution in [3.8, 4) is 0 Å². The van der Waals surface area contributed by atoms with Crippen LogP contribution in [0.2, 0.25) is 0 Å². The molecule has 0 radical (unpaired) electrons. The molecule has 0 spiro atoms. The predicted octanol–water partition coefficient (Wildman–Crippen LogP) is 1.01. The minimum Gasteiger partial charge on any atom is -0.365 e. The first-order chi connectivity index (χ1) is 8.75. The average molecular weight is 243 g/mol. The van der Waals surface area contributed by atoms with E-state index in [-0.39, 0.29) is 0 Å². The van der Waals surface area contributed by atoms with Crippen molar-refractivity contribution in [2.75, 3.05) is 5.32 Å². The lowest BCUT2D eigenvalue weighted by Crippen LogP contribution is -2.03. The smallest absolute Gasteiger partial charge is 0.160 e. The van der Waals surface area contributed by atoms with Gasteiger partial charge in [0.2, 0.25) is 0 Å². The molecule has 0 bridgehead atoms. The Bertz CT molecular complexity index is 682. The molecule has 3 rings (SSSR count). The van der Waals surface area contributed by atoms with Crippen LogP contribution in [0.25, 0.3) is 11.0 Å². The summed E-state index contributed by atoms with van der Waals surface area (Å²) in [6.45, 7) is 2.72. The second-order valence-corrected chi connectivity index (χ2v) is 4.09. The Balaban J connectivity index is 1.85. The summed E-state index contributed by atoms with van der Waals surface area (Å²) in [7, 11) is 1.93. The lowest BCUT2D eigenvalue weighted by Gasteiger charge is -2.05. The van der Waals surface area contributed by atoms with Crippen molar-refractivity contribution in [2.45, 2.75) is 13.5 Å². The van der Waals surface area contributed by atoms with E-state index in [2.05, 4.69) is 30.6 Å². The Morgan fingerprint density at radius 1 is 1.33 bits per heavy atom. The average Bonchev–Trinajstić information content (AvgIpc) is 2.97. The van der Waals surface area contributed by atoms with Crippen molar-refractivity contribution < 1.29 is 0 Å². The number of anilines is 1. The molecule has 0 saturated carbocycles. The van der Waals surface area contributed by atoms with E-state index in [1.807, 2.05) is 24.9 Å². The van der Waals surface area contributed by atoms with E-state index in [1.54, 1.807) is 6.20 Å². The zero-order valence-corrected chi connectivity index (χ0v) is 10.2. The lowest BCUT2D eigenvalue weighted by atomic mass is 10.2. The van der Waals surface area contributed by atoms with Crippen LogP contribution in [0.15, 0.2) is 18.7 Å². The van der Waals surface area contributed by atoms with Crippen LogP contribution in [0, 0.1) is 6.92 Å². The maximum atomic E-state index is 4.22. The quantitative estimate of drug-likeness (QED) is 0.717. The van der Waals surface area contributed by atoms with E-state index in [9.17, 15) is 0 Å². The summed E-state index contributed by atoms with van der Waals surface area (Å²) in [5.74, 6) is 0.775. The van der Waals surface area contributed by atoms with E-state index >= 15 is 0 Å². The van der Waals surface area contributed by atoms with Gasteiger partial charge in [-0.25, -0.2) is 9.97 Å². The third kappa shape index (κ3) is 1.69. The fourth-order valence-electron chi connectivity index (χ4n) is 1.80. The molecule has 7 nitrogen and oxygen atoms in total. The molecular formula is C11H13N7. The van der Waals surface area contributed by atoms with E-state index in [0.717, 1.165) is 28.1 Å². The highest BCUT2D eigenvalue weighted by Gasteiger charge is 2.07. The second-order valence-electron chi connectivity index (χ2n) is 4.09. The summed E-state index contributed by atoms with van der Waals surface area (Å²) in [6.07, 6.45) is 5.09. The number of H-pyrrole nitrogens is 1. The van der Waals surface area contributed by atoms with Crippen molar-refractivity contribution in [3.63, 3.8) is 0 Å². The molecule has 0 aliphatic rings. The van der Waals surface area contributed by atoms with E-state index in [1.165, 1.54) is 6.33 Å². The third-order valence-electron chi connectivity index (χ3n) is 3.03. The molecule has 7 heteroatoms. The van der Waals surface area contributed by atoms with Crippen molar-refractivity contribution in [1.82, 2.24) is 29.9 Å². The summed E-state index contributed by atoms with van der Waals surface area (Å²) in [4.78, 5) is 8.31. The van der Waals surface area contributed by atoms with Gasteiger partial charge in [-0.3, -0.25) is 9.78 Å². The maximum absolute atomic E-state index is 4.22. The van der Waals surface area contributed by atoms with Crippen LogP contribution in [-0.4, -0.2) is 29.9 Å². The first kappa shape index (κ1) is 10.7. The summed E-state index contributed by atoms with van der Waals surface area (Å²) in [6, 6.07) is 0. The molecule has 0 saturated heterocycles. The van der Waals surface area contributed by atoms with Crippen molar-refractivity contribution in [3.05, 3.63) is 30.0 Å². The fourth-order valence-corrected chi connectivity index (χ4v) is 1.80. The topological polar surface area (TPSA) is 84.3 Å². The van der Waals surface area contributed by atoms with Crippen molar-refractivity contribution >= 4 is 16.9 Å². The molecule has 0 atom stereocenters. The Hall–Kier alpha value is -2.44. The Labute approximate surface area is 103 Å². The molecule has 0 aliphatic carbocycles. The molecule has 3 heterocycles. The highest BCUT2D eigenvalue weighted by Crippen LogP contribution is 2.17. The fraction of sp³-hybridized carbons (Fsp3) is 0.273. The van der Waals surface area contributed by atoms with Crippen LogP contribution in [-0.2, 0) is 13.6 Å². The van der Waals surface area contributed by atoms with Crippen LogP contribution < -0.4 is 5.32 Å². The largest absolute Gasteiger partial charge is 0.365 e. The number of nitrogens with zero attached hydrogens (tertiary/aromatic N) is 5. The number of hydrogen-bond donors (Lipinski definition) is 2. The number of hydrogen-bond acceptors (Lipinski definition) is 5. The summed E-state index contributed by atoms with van der Waals surface area (Å²) in [5.41, 5.74) is 3.02. The number of aromatic nitrogens is 6. The molecule has 18 heavy (non-hydrogen) atoms. The highest BCUT2D eigenvalue weighted by molar-refractivity contribution is 5.85. The van der Waals surface area contributed by atoms with Crippen molar-refractivity contribution in [2.24, 2.45) is 7.05 Å². The van der Waals surface area contributed by atoms with Crippen LogP contribution >= 0.6 is 0 Å². The van der Waals surface area contributed by atoms with Gasteiger partial charge < -0.3 is 5.32 Å². The van der Waals surface area contributed by atoms with E-state index in [0.29, 0.717) is 6.54 Å². The van der Waals surface area contributed by atoms with Crippen LogP contribution in [0.1, 0.15) is 11.3 Å². The standard InChI is InChI=1S/C11H13N7/c1-7-8(4-16-18(7)2)3-12-10-9-5-15-17-11(9)14-6-13-10/h4-6H,3H2,1-2H3,(H2,12,13,14,15,17). The van der Waals surface area contributed by atoms with Crippen LogP contribution in [0.4, 0.5) is 5.82 Å². The zero-order valence-electron chi connectivity index (χ0n) is 10.2. The molecule has 0 aliphatic heterocycles. The van der Waals surface area contributed by atoms with Crippen molar-refractivity contribution in [1.29, 1.82) is 0 Å². The first-order valence-corrected chi connectivity index (χ1v) is 5.61. The Morgan fingerprint density at radius 3 is 3.00 bits per heavy atom. The monoisotopic (exact) mass is 243 g/mol. The van der Waals surface area contributed by atoms with Gasteiger partial charge in [-0.15, -0.1) is 0 Å². The molecule has 3 aromatic rings. The predicted molar refractivity (Wildman–Crippen MR) is 67.0 cm³/mol. The third-order valence-corrected chi connectivity index (χ3v) is 3.03. The Kier molecular flexibility index (Phi) is 2.44. The van der Waals surface area contributed by atoms with Gasteiger partial charge in [0.1, 0.15) is 12.1 Å². The molecule has 0 unspecified atom stereocenters. The van der Waals surface area contributed by atoms with Gasteiger partial charge in [0.25, 0.3) is 0 Å². The number of rotatable bonds is 3. The van der Waals surface area contributed by atoms with E-state index in [4.69, 9.17) is 0 Å². The minimum absolute atomic E-state index is 0.678. The van der Waals surface area contributed by atoms with Gasteiger partial charge in [0.05, 0.1) is 17.8 Å². The molecule has 0 fully saturated rings. The van der Waals surface area contributed by atoms with Crippen LogP contribution in [0.5, 0.6) is 0 Å². The Morgan fingerprint density at radius 2 is 2.22 bits per heavy atom. The normalized spacial score (nSPS) is 11.0. The summed E-state index contributed by atoms with van der Waals surface area (Å²) in [5, 5.41) is 15.1. The SMILES string of the molecule is Cc1c(CNc2ncnc3[nH]ncc23)cnn1C. The molecule has 0 amide bonds. The summed E-state index contributed by atoms with van der Waals surface area (Å²) < 4.78 is 1.85. The van der Waals surface area contributed by atoms with Gasteiger partial charge in [-0.2, -0.15) is 10.2 Å². The molecule has 2 N–H and O–H groups in total. The highest BCUT2D eigenvalue weighted by atomic mass is 15.3. The van der Waals surface area contributed by atoms with Gasteiger partial charge in [-0.1, -0.05) is 0 Å². The van der Waals surface area contributed by atoms with E-state index < -0.39 is 0 Å². The second kappa shape index (κ2) is 4.10. The first-order valence-electron chi connectivity index (χ1n) is 5.61. The molecule has 3 aromatic heterocycles. The molecular weight excluding hydrogens is 230 g/mol. The van der Waals surface area contributed by atoms with Gasteiger partial charge >= 0.3 is 0 Å². The number of fused-ring (bicyclic) bond motifs is 1. The maximum Gasteiger partial charge on any atom is 0.160 e.